The maximum atomic E-state index is 5.85. The summed E-state index contributed by atoms with van der Waals surface area (Å²) in [7, 11) is 3.85. The number of nitrogens with zero attached hydrogens (tertiary/aromatic N) is 2. The molecule has 1 aromatic heterocycles. The van der Waals surface area contributed by atoms with E-state index in [1.54, 1.807) is 0 Å². The topological polar surface area (TPSA) is 8.81 Å². The van der Waals surface area contributed by atoms with Gasteiger partial charge in [0.25, 0.3) is 9.49 Å². The third kappa shape index (κ3) is 3.42. The molecule has 0 fully saturated rings. The SMILES string of the molecule is CCCc1cc(C(Cl)(Cl)Cl)[n+](C)n1C.[Cl-]. The van der Waals surface area contributed by atoms with Crippen LogP contribution in [0.15, 0.2) is 6.07 Å². The van der Waals surface area contributed by atoms with Gasteiger partial charge in [-0.3, -0.25) is 0 Å². The summed E-state index contributed by atoms with van der Waals surface area (Å²) < 4.78 is 2.51. The fraction of sp³-hybridized carbons (Fsp3) is 0.667. The Labute approximate surface area is 112 Å². The van der Waals surface area contributed by atoms with Crippen molar-refractivity contribution >= 4 is 34.8 Å². The normalized spacial score (nSPS) is 11.3. The third-order valence-corrected chi connectivity index (χ3v) is 2.90. The molecule has 6 heteroatoms. The van der Waals surface area contributed by atoms with Crippen molar-refractivity contribution in [3.8, 4) is 0 Å². The lowest BCUT2D eigenvalue weighted by molar-refractivity contribution is -0.758. The summed E-state index contributed by atoms with van der Waals surface area (Å²) in [5.74, 6) is 0. The fourth-order valence-corrected chi connectivity index (χ4v) is 1.98. The van der Waals surface area contributed by atoms with Crippen LogP contribution >= 0.6 is 34.8 Å². The molecular formula is C9H14Cl4N2. The molecule has 0 aromatic carbocycles. The van der Waals surface area contributed by atoms with Gasteiger partial charge in [0.2, 0.25) is 0 Å². The van der Waals surface area contributed by atoms with Crippen molar-refractivity contribution in [1.29, 1.82) is 0 Å². The standard InChI is InChI=1S/C9H14Cl3N2.ClH/c1-4-5-7-6-8(9(10,11)12)14(3)13(7)2;/h6H,4-5H2,1-3H3;1H/q+1;/p-1. The highest BCUT2D eigenvalue weighted by Gasteiger charge is 2.35. The predicted octanol–water partition coefficient (Wildman–Crippen LogP) is -0.367. The van der Waals surface area contributed by atoms with Gasteiger partial charge in [0, 0.05) is 6.07 Å². The van der Waals surface area contributed by atoms with Crippen molar-refractivity contribution in [3.63, 3.8) is 0 Å². The van der Waals surface area contributed by atoms with Gasteiger partial charge < -0.3 is 12.4 Å². The van der Waals surface area contributed by atoms with Crippen molar-refractivity contribution in [2.75, 3.05) is 0 Å². The lowest BCUT2D eigenvalue weighted by Gasteiger charge is -2.03. The smallest absolute Gasteiger partial charge is 0.277 e. The van der Waals surface area contributed by atoms with Crippen molar-refractivity contribution in [1.82, 2.24) is 4.68 Å². The first-order valence-corrected chi connectivity index (χ1v) is 5.63. The number of alkyl halides is 3. The van der Waals surface area contributed by atoms with Crippen LogP contribution in [-0.2, 0) is 24.3 Å². The Morgan fingerprint density at radius 1 is 1.40 bits per heavy atom. The average Bonchev–Trinajstić information content (AvgIpc) is 2.32. The second-order valence-electron chi connectivity index (χ2n) is 3.32. The van der Waals surface area contributed by atoms with E-state index in [0.717, 1.165) is 12.8 Å². The van der Waals surface area contributed by atoms with Crippen molar-refractivity contribution in [2.24, 2.45) is 14.1 Å². The first-order chi connectivity index (χ1) is 6.38. The van der Waals surface area contributed by atoms with E-state index < -0.39 is 3.79 Å². The van der Waals surface area contributed by atoms with Crippen LogP contribution in [0.3, 0.4) is 0 Å². The molecule has 0 radical (unpaired) electrons. The molecule has 88 valence electrons. The molecule has 0 saturated heterocycles. The Morgan fingerprint density at radius 2 is 1.93 bits per heavy atom. The van der Waals surface area contributed by atoms with Gasteiger partial charge in [-0.15, -0.1) is 4.68 Å². The Kier molecular flexibility index (Phi) is 5.76. The molecule has 1 aromatic rings. The summed E-state index contributed by atoms with van der Waals surface area (Å²) in [6, 6.07) is 1.94. The van der Waals surface area contributed by atoms with E-state index in [2.05, 4.69) is 6.92 Å². The number of rotatable bonds is 2. The van der Waals surface area contributed by atoms with E-state index in [0.29, 0.717) is 5.69 Å². The second-order valence-corrected chi connectivity index (χ2v) is 5.60. The molecule has 0 atom stereocenters. The van der Waals surface area contributed by atoms with Gasteiger partial charge in [0.1, 0.15) is 0 Å². The van der Waals surface area contributed by atoms with Crippen molar-refractivity contribution in [3.05, 3.63) is 17.5 Å². The number of aryl methyl sites for hydroxylation is 1. The molecule has 0 unspecified atom stereocenters. The Bertz CT molecular complexity index is 328. The Morgan fingerprint density at radius 3 is 2.27 bits per heavy atom. The minimum atomic E-state index is -1.35. The Balaban J connectivity index is 0.00000196. The number of halogens is 4. The minimum Gasteiger partial charge on any atom is -1.00 e. The summed E-state index contributed by atoms with van der Waals surface area (Å²) in [6.07, 6.45) is 2.07. The van der Waals surface area contributed by atoms with E-state index in [9.17, 15) is 0 Å². The van der Waals surface area contributed by atoms with Gasteiger partial charge in [-0.2, -0.15) is 4.68 Å². The first-order valence-electron chi connectivity index (χ1n) is 4.50. The zero-order valence-electron chi connectivity index (χ0n) is 8.90. The van der Waals surface area contributed by atoms with Gasteiger partial charge in [-0.05, 0) is 6.42 Å². The quantitative estimate of drug-likeness (QED) is 0.520. The van der Waals surface area contributed by atoms with Gasteiger partial charge in [0.15, 0.2) is 7.05 Å². The van der Waals surface area contributed by atoms with Crippen LogP contribution in [0.2, 0.25) is 0 Å². The van der Waals surface area contributed by atoms with Crippen LogP contribution in [0.5, 0.6) is 0 Å². The summed E-state index contributed by atoms with van der Waals surface area (Å²) in [5.41, 5.74) is 1.88. The first kappa shape index (κ1) is 15.4. The molecule has 0 aliphatic carbocycles. The van der Waals surface area contributed by atoms with Gasteiger partial charge in [-0.25, -0.2) is 0 Å². The van der Waals surface area contributed by atoms with E-state index >= 15 is 0 Å². The zero-order valence-corrected chi connectivity index (χ0v) is 11.9. The molecule has 1 heterocycles. The van der Waals surface area contributed by atoms with Crippen LogP contribution in [0.1, 0.15) is 24.7 Å². The molecule has 0 aliphatic heterocycles. The molecule has 15 heavy (non-hydrogen) atoms. The van der Waals surface area contributed by atoms with Crippen LogP contribution < -0.4 is 17.1 Å². The van der Waals surface area contributed by atoms with E-state index in [1.165, 1.54) is 5.69 Å². The summed E-state index contributed by atoms with van der Waals surface area (Å²) in [5, 5.41) is 0. The molecule has 0 amide bonds. The summed E-state index contributed by atoms with van der Waals surface area (Å²) in [6.45, 7) is 2.13. The maximum Gasteiger partial charge on any atom is 0.277 e. The van der Waals surface area contributed by atoms with Gasteiger partial charge in [0.05, 0.1) is 12.7 Å². The van der Waals surface area contributed by atoms with Crippen LogP contribution in [0.4, 0.5) is 0 Å². The molecule has 0 saturated carbocycles. The monoisotopic (exact) mass is 290 g/mol. The summed E-state index contributed by atoms with van der Waals surface area (Å²) >= 11 is 17.5. The highest BCUT2D eigenvalue weighted by atomic mass is 35.6. The van der Waals surface area contributed by atoms with E-state index in [-0.39, 0.29) is 12.4 Å². The highest BCUT2D eigenvalue weighted by Crippen LogP contribution is 2.36. The Hall–Kier alpha value is 0.370. The van der Waals surface area contributed by atoms with Crippen LogP contribution in [-0.4, -0.2) is 4.68 Å². The van der Waals surface area contributed by atoms with Crippen molar-refractivity contribution < 1.29 is 17.1 Å². The lowest BCUT2D eigenvalue weighted by Crippen LogP contribution is -3.00. The fourth-order valence-electron chi connectivity index (χ4n) is 1.45. The van der Waals surface area contributed by atoms with Gasteiger partial charge in [-0.1, -0.05) is 48.1 Å². The lowest BCUT2D eigenvalue weighted by atomic mass is 10.2. The average molecular weight is 292 g/mol. The predicted molar refractivity (Wildman–Crippen MR) is 59.8 cm³/mol. The van der Waals surface area contributed by atoms with Gasteiger partial charge >= 0.3 is 0 Å². The molecular weight excluding hydrogens is 278 g/mol. The maximum absolute atomic E-state index is 5.85. The summed E-state index contributed by atoms with van der Waals surface area (Å²) in [4.78, 5) is 0. The van der Waals surface area contributed by atoms with Crippen LogP contribution in [0.25, 0.3) is 0 Å². The largest absolute Gasteiger partial charge is 1.00 e. The van der Waals surface area contributed by atoms with E-state index in [1.807, 2.05) is 29.5 Å². The second kappa shape index (κ2) is 5.62. The third-order valence-electron chi connectivity index (χ3n) is 2.31. The molecule has 1 rings (SSSR count). The van der Waals surface area contributed by atoms with Crippen molar-refractivity contribution in [2.45, 2.75) is 23.6 Å². The number of aromatic nitrogens is 2. The number of hydrogen-bond acceptors (Lipinski definition) is 0. The number of hydrogen-bond donors (Lipinski definition) is 0. The molecule has 0 aliphatic rings. The molecule has 2 nitrogen and oxygen atoms in total. The molecule has 0 bridgehead atoms. The van der Waals surface area contributed by atoms with E-state index in [4.69, 9.17) is 34.8 Å². The minimum absolute atomic E-state index is 0. The highest BCUT2D eigenvalue weighted by molar-refractivity contribution is 6.66. The molecule has 0 N–H and O–H groups in total. The van der Waals surface area contributed by atoms with Crippen LogP contribution in [0, 0.1) is 0 Å². The molecule has 0 spiro atoms. The zero-order chi connectivity index (χ0) is 10.9.